The number of nitrogens with zero attached hydrogens (tertiary/aromatic N) is 2. The summed E-state index contributed by atoms with van der Waals surface area (Å²) in [4.78, 5) is 18.0. The molecule has 0 saturated carbocycles. The van der Waals surface area contributed by atoms with Crippen molar-refractivity contribution in [1.29, 1.82) is 0 Å². The molecule has 0 bridgehead atoms. The molecule has 2 rings (SSSR count). The molecule has 1 unspecified atom stereocenters. The minimum Gasteiger partial charge on any atom is -0.347 e. The zero-order chi connectivity index (χ0) is 14.7. The average Bonchev–Trinajstić information content (AvgIpc) is 2.43. The monoisotopic (exact) mass is 271 g/mol. The fourth-order valence-corrected chi connectivity index (χ4v) is 2.28. The van der Waals surface area contributed by atoms with E-state index in [2.05, 4.69) is 22.4 Å². The maximum Gasteiger partial charge on any atom is 0.238 e. The van der Waals surface area contributed by atoms with Gasteiger partial charge in [0.1, 0.15) is 0 Å². The molecule has 4 nitrogen and oxygen atoms in total. The lowest BCUT2D eigenvalue weighted by Crippen LogP contribution is -2.41. The lowest BCUT2D eigenvalue weighted by Gasteiger charge is -2.18. The van der Waals surface area contributed by atoms with Crippen molar-refractivity contribution in [1.82, 2.24) is 15.2 Å². The van der Waals surface area contributed by atoms with Gasteiger partial charge in [-0.15, -0.1) is 0 Å². The molecule has 106 valence electrons. The molecule has 0 aliphatic rings. The standard InChI is InChI=1S/C16H21N3O/c1-11-9-13(10-17-12(2)16(20)19(3)4)14-7-5-6-8-15(14)18-11/h5-9,12,17H,10H2,1-4H3. The van der Waals surface area contributed by atoms with Crippen LogP contribution >= 0.6 is 0 Å². The van der Waals surface area contributed by atoms with Crippen LogP contribution in [0.25, 0.3) is 10.9 Å². The zero-order valence-corrected chi connectivity index (χ0v) is 12.5. The van der Waals surface area contributed by atoms with E-state index in [9.17, 15) is 4.79 Å². The lowest BCUT2D eigenvalue weighted by molar-refractivity contribution is -0.130. The summed E-state index contributed by atoms with van der Waals surface area (Å²) in [7, 11) is 3.54. The second-order valence-electron chi connectivity index (χ2n) is 5.28. The summed E-state index contributed by atoms with van der Waals surface area (Å²) in [6, 6.07) is 9.96. The predicted molar refractivity (Wildman–Crippen MR) is 81.5 cm³/mol. The molecule has 1 atom stereocenters. The van der Waals surface area contributed by atoms with Gasteiger partial charge in [0.25, 0.3) is 0 Å². The van der Waals surface area contributed by atoms with Gasteiger partial charge < -0.3 is 10.2 Å². The summed E-state index contributed by atoms with van der Waals surface area (Å²) in [5, 5.41) is 4.41. The third kappa shape index (κ3) is 3.14. The molecule has 1 heterocycles. The molecule has 0 spiro atoms. The molecule has 1 aromatic heterocycles. The van der Waals surface area contributed by atoms with E-state index in [1.807, 2.05) is 32.0 Å². The van der Waals surface area contributed by atoms with Crippen molar-refractivity contribution in [2.75, 3.05) is 14.1 Å². The number of hydrogen-bond acceptors (Lipinski definition) is 3. The first kappa shape index (κ1) is 14.5. The van der Waals surface area contributed by atoms with E-state index >= 15 is 0 Å². The van der Waals surface area contributed by atoms with Gasteiger partial charge in [-0.3, -0.25) is 9.78 Å². The van der Waals surface area contributed by atoms with Gasteiger partial charge in [-0.2, -0.15) is 0 Å². The maximum atomic E-state index is 11.8. The number of nitrogens with one attached hydrogen (secondary N) is 1. The molecule has 20 heavy (non-hydrogen) atoms. The zero-order valence-electron chi connectivity index (χ0n) is 12.5. The number of aromatic nitrogens is 1. The van der Waals surface area contributed by atoms with Crippen molar-refractivity contribution in [3.05, 3.63) is 41.6 Å². The van der Waals surface area contributed by atoms with Crippen LogP contribution in [0.1, 0.15) is 18.2 Å². The molecule has 0 radical (unpaired) electrons. The van der Waals surface area contributed by atoms with E-state index < -0.39 is 0 Å². The van der Waals surface area contributed by atoms with Gasteiger partial charge in [0.15, 0.2) is 0 Å². The number of rotatable bonds is 4. The lowest BCUT2D eigenvalue weighted by atomic mass is 10.1. The number of hydrogen-bond donors (Lipinski definition) is 1. The Balaban J connectivity index is 2.20. The SMILES string of the molecule is Cc1cc(CNC(C)C(=O)N(C)C)c2ccccc2n1. The number of amides is 1. The molecular weight excluding hydrogens is 250 g/mol. The number of fused-ring (bicyclic) bond motifs is 1. The number of carbonyl (C=O) groups is 1. The van der Waals surface area contributed by atoms with Crippen LogP contribution in [-0.2, 0) is 11.3 Å². The summed E-state index contributed by atoms with van der Waals surface area (Å²) in [5.74, 6) is 0.0834. The Kier molecular flexibility index (Phi) is 4.35. The van der Waals surface area contributed by atoms with Gasteiger partial charge in [0, 0.05) is 31.7 Å². The van der Waals surface area contributed by atoms with Gasteiger partial charge in [0.2, 0.25) is 5.91 Å². The van der Waals surface area contributed by atoms with Crippen LogP contribution in [0.15, 0.2) is 30.3 Å². The highest BCUT2D eigenvalue weighted by Gasteiger charge is 2.14. The summed E-state index contributed by atoms with van der Waals surface area (Å²) in [6.07, 6.45) is 0. The fourth-order valence-electron chi connectivity index (χ4n) is 2.28. The first-order chi connectivity index (χ1) is 9.49. The average molecular weight is 271 g/mol. The summed E-state index contributed by atoms with van der Waals surface area (Å²) in [6.45, 7) is 4.54. The Bertz CT molecular complexity index is 622. The third-order valence-corrected chi connectivity index (χ3v) is 3.34. The summed E-state index contributed by atoms with van der Waals surface area (Å²) in [5.41, 5.74) is 3.16. The maximum absolute atomic E-state index is 11.8. The molecule has 1 N–H and O–H groups in total. The number of benzene rings is 1. The molecule has 4 heteroatoms. The van der Waals surface area contributed by atoms with Crippen molar-refractivity contribution < 1.29 is 4.79 Å². The van der Waals surface area contributed by atoms with Crippen LogP contribution in [0.3, 0.4) is 0 Å². The Morgan fingerprint density at radius 2 is 2.05 bits per heavy atom. The molecule has 0 aliphatic carbocycles. The van der Waals surface area contributed by atoms with E-state index in [1.54, 1.807) is 19.0 Å². The molecular formula is C16H21N3O. The molecule has 0 aliphatic heterocycles. The Morgan fingerprint density at radius 3 is 2.75 bits per heavy atom. The first-order valence-corrected chi connectivity index (χ1v) is 6.79. The Hall–Kier alpha value is -1.94. The number of aryl methyl sites for hydroxylation is 1. The molecule has 2 aromatic rings. The number of carbonyl (C=O) groups excluding carboxylic acids is 1. The van der Waals surface area contributed by atoms with Gasteiger partial charge in [-0.25, -0.2) is 0 Å². The van der Waals surface area contributed by atoms with Crippen LogP contribution in [0.4, 0.5) is 0 Å². The smallest absolute Gasteiger partial charge is 0.238 e. The normalized spacial score (nSPS) is 12.4. The van der Waals surface area contributed by atoms with Crippen LogP contribution < -0.4 is 5.32 Å². The minimum absolute atomic E-state index is 0.0834. The van der Waals surface area contributed by atoms with Crippen molar-refractivity contribution in [3.63, 3.8) is 0 Å². The molecule has 1 amide bonds. The quantitative estimate of drug-likeness (QED) is 0.926. The second kappa shape index (κ2) is 6.01. The number of para-hydroxylation sites is 1. The Labute approximate surface area is 119 Å². The second-order valence-corrected chi connectivity index (χ2v) is 5.28. The van der Waals surface area contributed by atoms with Crippen LogP contribution in [0, 0.1) is 6.92 Å². The van der Waals surface area contributed by atoms with E-state index in [1.165, 1.54) is 5.56 Å². The number of likely N-dealkylation sites (N-methyl/N-ethyl adjacent to an activating group) is 1. The fraction of sp³-hybridized carbons (Fsp3) is 0.375. The van der Waals surface area contributed by atoms with E-state index in [0.717, 1.165) is 16.6 Å². The van der Waals surface area contributed by atoms with E-state index in [-0.39, 0.29) is 11.9 Å². The number of pyridine rings is 1. The van der Waals surface area contributed by atoms with Crippen LogP contribution in [-0.4, -0.2) is 35.9 Å². The van der Waals surface area contributed by atoms with Crippen molar-refractivity contribution in [2.24, 2.45) is 0 Å². The predicted octanol–water partition coefficient (Wildman–Crippen LogP) is 2.11. The van der Waals surface area contributed by atoms with Crippen molar-refractivity contribution >= 4 is 16.8 Å². The van der Waals surface area contributed by atoms with E-state index in [0.29, 0.717) is 6.54 Å². The van der Waals surface area contributed by atoms with Gasteiger partial charge in [-0.1, -0.05) is 18.2 Å². The first-order valence-electron chi connectivity index (χ1n) is 6.79. The topological polar surface area (TPSA) is 45.2 Å². The van der Waals surface area contributed by atoms with Crippen molar-refractivity contribution in [3.8, 4) is 0 Å². The molecule has 1 aromatic carbocycles. The highest BCUT2D eigenvalue weighted by atomic mass is 16.2. The minimum atomic E-state index is -0.197. The third-order valence-electron chi connectivity index (χ3n) is 3.34. The largest absolute Gasteiger partial charge is 0.347 e. The van der Waals surface area contributed by atoms with Gasteiger partial charge in [-0.05, 0) is 31.5 Å². The van der Waals surface area contributed by atoms with Gasteiger partial charge in [0.05, 0.1) is 11.6 Å². The molecule has 0 fully saturated rings. The Morgan fingerprint density at radius 1 is 1.35 bits per heavy atom. The van der Waals surface area contributed by atoms with Gasteiger partial charge >= 0.3 is 0 Å². The molecule has 0 saturated heterocycles. The highest BCUT2D eigenvalue weighted by Crippen LogP contribution is 2.18. The van der Waals surface area contributed by atoms with E-state index in [4.69, 9.17) is 0 Å². The highest BCUT2D eigenvalue weighted by molar-refractivity contribution is 5.83. The van der Waals surface area contributed by atoms with Crippen LogP contribution in [0.5, 0.6) is 0 Å². The summed E-state index contributed by atoms with van der Waals surface area (Å²) < 4.78 is 0. The summed E-state index contributed by atoms with van der Waals surface area (Å²) >= 11 is 0. The van der Waals surface area contributed by atoms with Crippen LogP contribution in [0.2, 0.25) is 0 Å². The van der Waals surface area contributed by atoms with Crippen molar-refractivity contribution in [2.45, 2.75) is 26.4 Å².